The first-order chi connectivity index (χ1) is 15.2. The summed E-state index contributed by atoms with van der Waals surface area (Å²) in [5, 5.41) is 4.42. The number of esters is 1. The second-order valence-electron chi connectivity index (χ2n) is 7.76. The van der Waals surface area contributed by atoms with Crippen molar-refractivity contribution in [2.75, 3.05) is 0 Å². The van der Waals surface area contributed by atoms with E-state index in [1.165, 1.54) is 0 Å². The van der Waals surface area contributed by atoms with Gasteiger partial charge in [-0.2, -0.15) is 0 Å². The summed E-state index contributed by atoms with van der Waals surface area (Å²) in [6.45, 7) is 1.87. The lowest BCUT2D eigenvalue weighted by molar-refractivity contribution is -0.151. The highest BCUT2D eigenvalue weighted by molar-refractivity contribution is 5.90. The normalized spacial score (nSPS) is 12.3. The summed E-state index contributed by atoms with van der Waals surface area (Å²) >= 11 is 0. The summed E-state index contributed by atoms with van der Waals surface area (Å²) in [5.74, 6) is -0.262. The van der Waals surface area contributed by atoms with Crippen LogP contribution >= 0.6 is 0 Å². The molecule has 0 fully saturated rings. The molecular weight excluding hydrogens is 382 g/mol. The minimum atomic E-state index is -0.511. The van der Waals surface area contributed by atoms with Gasteiger partial charge in [-0.15, -0.1) is 0 Å². The van der Waals surface area contributed by atoms with Crippen LogP contribution < -0.4 is 0 Å². The minimum absolute atomic E-state index is 0.262. The van der Waals surface area contributed by atoms with Crippen LogP contribution in [0.5, 0.6) is 0 Å². The van der Waals surface area contributed by atoms with Crippen LogP contribution in [0, 0.1) is 0 Å². The number of ether oxygens (including phenoxy) is 1. The maximum atomic E-state index is 13.2. The van der Waals surface area contributed by atoms with Gasteiger partial charge < -0.3 is 9.30 Å². The number of hydrogen-bond donors (Lipinski definition) is 0. The van der Waals surface area contributed by atoms with Crippen molar-refractivity contribution in [3.05, 3.63) is 121 Å². The van der Waals surface area contributed by atoms with E-state index in [9.17, 15) is 4.79 Å². The molecule has 152 valence electrons. The summed E-state index contributed by atoms with van der Waals surface area (Å²) < 4.78 is 8.13. The van der Waals surface area contributed by atoms with Crippen molar-refractivity contribution in [3.63, 3.8) is 0 Å². The molecule has 0 amide bonds. The Kier molecular flexibility index (Phi) is 5.01. The molecule has 1 unspecified atom stereocenters. The molecule has 0 saturated carbocycles. The maximum Gasteiger partial charge on any atom is 0.329 e. The number of fused-ring (bicyclic) bond motifs is 2. The molecule has 5 rings (SSSR count). The van der Waals surface area contributed by atoms with Gasteiger partial charge in [0.25, 0.3) is 0 Å². The van der Waals surface area contributed by atoms with Gasteiger partial charge in [-0.25, -0.2) is 4.79 Å². The lowest BCUT2D eigenvalue weighted by atomic mass is 9.92. The van der Waals surface area contributed by atoms with Gasteiger partial charge in [-0.05, 0) is 40.6 Å². The zero-order valence-corrected chi connectivity index (χ0v) is 17.3. The second kappa shape index (κ2) is 8.11. The van der Waals surface area contributed by atoms with Crippen LogP contribution in [0.3, 0.4) is 0 Å². The molecule has 0 aliphatic heterocycles. The van der Waals surface area contributed by atoms with Crippen LogP contribution in [0.25, 0.3) is 21.5 Å². The topological polar surface area (TPSA) is 31.2 Å². The first-order valence-corrected chi connectivity index (χ1v) is 10.5. The van der Waals surface area contributed by atoms with Crippen molar-refractivity contribution in [2.24, 2.45) is 0 Å². The molecule has 0 saturated heterocycles. The summed E-state index contributed by atoms with van der Waals surface area (Å²) in [6, 6.07) is 32.2. The number of hydrogen-bond acceptors (Lipinski definition) is 2. The van der Waals surface area contributed by atoms with Gasteiger partial charge in [0, 0.05) is 23.5 Å². The summed E-state index contributed by atoms with van der Waals surface area (Å²) in [5.41, 5.74) is 1.98. The molecule has 0 N–H and O–H groups in total. The zero-order valence-electron chi connectivity index (χ0n) is 17.3. The first-order valence-electron chi connectivity index (χ1n) is 10.5. The third-order valence-electron chi connectivity index (χ3n) is 5.86. The largest absolute Gasteiger partial charge is 0.451 e. The Morgan fingerprint density at radius 2 is 1.16 bits per heavy atom. The quantitative estimate of drug-likeness (QED) is 0.305. The average Bonchev–Trinajstić information content (AvgIpc) is 3.36. The molecule has 31 heavy (non-hydrogen) atoms. The van der Waals surface area contributed by atoms with E-state index in [4.69, 9.17) is 4.74 Å². The van der Waals surface area contributed by atoms with E-state index < -0.39 is 12.1 Å². The van der Waals surface area contributed by atoms with Gasteiger partial charge in [0.2, 0.25) is 0 Å². The molecule has 5 aromatic rings. The van der Waals surface area contributed by atoms with Crippen molar-refractivity contribution in [1.29, 1.82) is 0 Å². The van der Waals surface area contributed by atoms with Crippen LogP contribution in [0.4, 0.5) is 0 Å². The fourth-order valence-electron chi connectivity index (χ4n) is 4.20. The van der Waals surface area contributed by atoms with Crippen molar-refractivity contribution >= 4 is 27.5 Å². The Morgan fingerprint density at radius 1 is 0.677 bits per heavy atom. The SMILES string of the molecule is CC(C(=O)OC(c1cccc2ccccc12)c1cccc2ccccc12)n1cccc1. The highest BCUT2D eigenvalue weighted by atomic mass is 16.5. The predicted molar refractivity (Wildman–Crippen MR) is 125 cm³/mol. The highest BCUT2D eigenvalue weighted by Crippen LogP contribution is 2.36. The van der Waals surface area contributed by atoms with Crippen LogP contribution in [-0.4, -0.2) is 10.5 Å². The van der Waals surface area contributed by atoms with Gasteiger partial charge in [-0.1, -0.05) is 84.9 Å². The fraction of sp³-hybridized carbons (Fsp3) is 0.107. The molecule has 3 nitrogen and oxygen atoms in total. The molecule has 3 heteroatoms. The van der Waals surface area contributed by atoms with Crippen LogP contribution in [0.2, 0.25) is 0 Å². The molecule has 0 bridgehead atoms. The van der Waals surface area contributed by atoms with E-state index in [1.54, 1.807) is 0 Å². The van der Waals surface area contributed by atoms with Gasteiger partial charge in [0.05, 0.1) is 0 Å². The highest BCUT2D eigenvalue weighted by Gasteiger charge is 2.26. The van der Waals surface area contributed by atoms with E-state index in [2.05, 4.69) is 48.5 Å². The van der Waals surface area contributed by atoms with Gasteiger partial charge >= 0.3 is 5.97 Å². The predicted octanol–water partition coefficient (Wildman–Crippen LogP) is 6.69. The van der Waals surface area contributed by atoms with E-state index in [0.717, 1.165) is 32.7 Å². The Bertz CT molecular complexity index is 1260. The Hall–Kier alpha value is -3.85. The fourth-order valence-corrected chi connectivity index (χ4v) is 4.20. The molecule has 0 aliphatic rings. The van der Waals surface area contributed by atoms with Gasteiger partial charge in [-0.3, -0.25) is 0 Å². The molecule has 0 aliphatic carbocycles. The molecule has 4 aromatic carbocycles. The number of nitrogens with zero attached hydrogens (tertiary/aromatic N) is 1. The number of carbonyl (C=O) groups excluding carboxylic acids is 1. The molecule has 1 aromatic heterocycles. The number of rotatable bonds is 5. The van der Waals surface area contributed by atoms with Crippen molar-refractivity contribution < 1.29 is 9.53 Å². The number of aromatic nitrogens is 1. The minimum Gasteiger partial charge on any atom is -0.451 e. The van der Waals surface area contributed by atoms with Crippen molar-refractivity contribution in [3.8, 4) is 0 Å². The Balaban J connectivity index is 1.66. The monoisotopic (exact) mass is 405 g/mol. The maximum absolute atomic E-state index is 13.2. The Morgan fingerprint density at radius 3 is 1.71 bits per heavy atom. The van der Waals surface area contributed by atoms with Crippen molar-refractivity contribution in [2.45, 2.75) is 19.1 Å². The summed E-state index contributed by atoms with van der Waals surface area (Å²) in [7, 11) is 0. The molecule has 0 radical (unpaired) electrons. The smallest absolute Gasteiger partial charge is 0.329 e. The van der Waals surface area contributed by atoms with Crippen LogP contribution in [0.1, 0.15) is 30.2 Å². The van der Waals surface area contributed by atoms with Crippen molar-refractivity contribution in [1.82, 2.24) is 4.57 Å². The van der Waals surface area contributed by atoms with E-state index in [0.29, 0.717) is 0 Å². The molecule has 0 spiro atoms. The third-order valence-corrected chi connectivity index (χ3v) is 5.86. The number of benzene rings is 4. The molecular formula is C28H23NO2. The molecule has 1 heterocycles. The summed E-state index contributed by atoms with van der Waals surface area (Å²) in [4.78, 5) is 13.2. The van der Waals surface area contributed by atoms with Crippen LogP contribution in [-0.2, 0) is 9.53 Å². The van der Waals surface area contributed by atoms with Gasteiger partial charge in [0.15, 0.2) is 6.10 Å². The van der Waals surface area contributed by atoms with E-state index in [-0.39, 0.29) is 5.97 Å². The average molecular weight is 405 g/mol. The number of carbonyl (C=O) groups is 1. The second-order valence-corrected chi connectivity index (χ2v) is 7.76. The van der Waals surface area contributed by atoms with Gasteiger partial charge in [0.1, 0.15) is 6.04 Å². The summed E-state index contributed by atoms with van der Waals surface area (Å²) in [6.07, 6.45) is 3.26. The van der Waals surface area contributed by atoms with E-state index >= 15 is 0 Å². The van der Waals surface area contributed by atoms with E-state index in [1.807, 2.05) is 72.4 Å². The lowest BCUT2D eigenvalue weighted by Crippen LogP contribution is -2.21. The lowest BCUT2D eigenvalue weighted by Gasteiger charge is -2.24. The Labute approximate surface area is 181 Å². The molecule has 1 atom stereocenters. The van der Waals surface area contributed by atoms with Crippen LogP contribution in [0.15, 0.2) is 109 Å². The third kappa shape index (κ3) is 3.59. The standard InChI is InChI=1S/C28H23NO2/c1-20(29-18-6-7-19-29)28(30)31-27(25-16-8-12-21-10-2-4-14-23(21)25)26-17-9-13-22-11-3-5-15-24(22)26/h2-20,27H,1H3. The first kappa shape index (κ1) is 19.1. The zero-order chi connectivity index (χ0) is 21.2.